The summed E-state index contributed by atoms with van der Waals surface area (Å²) in [4.78, 5) is 2.99. The Labute approximate surface area is 114 Å². The van der Waals surface area contributed by atoms with Crippen molar-refractivity contribution in [3.8, 4) is 0 Å². The van der Waals surface area contributed by atoms with Crippen LogP contribution in [0.5, 0.6) is 0 Å². The molecule has 1 heterocycles. The molecule has 2 rings (SSSR count). The standard InChI is InChI=1S/C14H20N2OS/c1-11-10-16(7-8-17-11)13(9-14(15)18)12-5-3-2-4-6-12/h2-6,11,13H,7-10H2,1H3,(H2,15,18). The van der Waals surface area contributed by atoms with Crippen molar-refractivity contribution in [3.05, 3.63) is 35.9 Å². The highest BCUT2D eigenvalue weighted by molar-refractivity contribution is 7.80. The van der Waals surface area contributed by atoms with Gasteiger partial charge in [-0.25, -0.2) is 0 Å². The van der Waals surface area contributed by atoms with Crippen molar-refractivity contribution >= 4 is 17.2 Å². The molecular formula is C14H20N2OS. The summed E-state index contributed by atoms with van der Waals surface area (Å²) in [6, 6.07) is 10.7. The Balaban J connectivity index is 2.16. The smallest absolute Gasteiger partial charge is 0.0746 e. The van der Waals surface area contributed by atoms with E-state index in [4.69, 9.17) is 22.7 Å². The number of hydrogen-bond donors (Lipinski definition) is 1. The van der Waals surface area contributed by atoms with Gasteiger partial charge in [-0.1, -0.05) is 42.5 Å². The summed E-state index contributed by atoms with van der Waals surface area (Å²) >= 11 is 5.09. The first-order valence-corrected chi connectivity index (χ1v) is 6.76. The van der Waals surface area contributed by atoms with E-state index in [1.54, 1.807) is 0 Å². The first-order chi connectivity index (χ1) is 8.66. The van der Waals surface area contributed by atoms with Gasteiger partial charge in [0, 0.05) is 25.6 Å². The van der Waals surface area contributed by atoms with E-state index in [-0.39, 0.29) is 12.1 Å². The summed E-state index contributed by atoms with van der Waals surface area (Å²) in [5.41, 5.74) is 7.02. The predicted molar refractivity (Wildman–Crippen MR) is 77.6 cm³/mol. The van der Waals surface area contributed by atoms with Gasteiger partial charge in [0.15, 0.2) is 0 Å². The highest BCUT2D eigenvalue weighted by Gasteiger charge is 2.25. The van der Waals surface area contributed by atoms with Gasteiger partial charge in [0.05, 0.1) is 17.7 Å². The second-order valence-electron chi connectivity index (χ2n) is 4.77. The molecule has 0 saturated carbocycles. The van der Waals surface area contributed by atoms with Crippen molar-refractivity contribution < 1.29 is 4.74 Å². The number of benzene rings is 1. The van der Waals surface area contributed by atoms with Crippen LogP contribution < -0.4 is 5.73 Å². The van der Waals surface area contributed by atoms with Crippen LogP contribution >= 0.6 is 12.2 Å². The molecule has 0 spiro atoms. The van der Waals surface area contributed by atoms with Gasteiger partial charge < -0.3 is 10.5 Å². The maximum atomic E-state index is 5.75. The summed E-state index contributed by atoms with van der Waals surface area (Å²) in [6.07, 6.45) is 1.00. The zero-order chi connectivity index (χ0) is 13.0. The number of rotatable bonds is 4. The lowest BCUT2D eigenvalue weighted by atomic mass is 10.0. The molecule has 0 aliphatic carbocycles. The molecule has 1 aromatic rings. The fourth-order valence-corrected chi connectivity index (χ4v) is 2.61. The largest absolute Gasteiger partial charge is 0.393 e. The Hall–Kier alpha value is -0.970. The molecule has 1 aromatic carbocycles. The molecule has 4 heteroatoms. The molecule has 18 heavy (non-hydrogen) atoms. The molecule has 2 atom stereocenters. The molecular weight excluding hydrogens is 244 g/mol. The second kappa shape index (κ2) is 6.27. The third-order valence-corrected chi connectivity index (χ3v) is 3.46. The third kappa shape index (κ3) is 3.51. The van der Waals surface area contributed by atoms with E-state index in [0.29, 0.717) is 4.99 Å². The van der Waals surface area contributed by atoms with Gasteiger partial charge in [-0.2, -0.15) is 0 Å². The van der Waals surface area contributed by atoms with Crippen molar-refractivity contribution in [2.45, 2.75) is 25.5 Å². The van der Waals surface area contributed by atoms with Crippen molar-refractivity contribution in [1.29, 1.82) is 0 Å². The number of hydrogen-bond acceptors (Lipinski definition) is 3. The van der Waals surface area contributed by atoms with E-state index in [1.165, 1.54) is 5.56 Å². The van der Waals surface area contributed by atoms with Crippen LogP contribution in [-0.4, -0.2) is 35.7 Å². The number of nitrogens with zero attached hydrogens (tertiary/aromatic N) is 1. The summed E-state index contributed by atoms with van der Waals surface area (Å²) in [7, 11) is 0. The van der Waals surface area contributed by atoms with Gasteiger partial charge in [0.25, 0.3) is 0 Å². The van der Waals surface area contributed by atoms with Crippen LogP contribution in [0.25, 0.3) is 0 Å². The Morgan fingerprint density at radius 1 is 1.50 bits per heavy atom. The molecule has 3 nitrogen and oxygen atoms in total. The number of ether oxygens (including phenoxy) is 1. The van der Waals surface area contributed by atoms with Crippen LogP contribution in [0, 0.1) is 0 Å². The number of nitrogens with two attached hydrogens (primary N) is 1. The van der Waals surface area contributed by atoms with Crippen LogP contribution in [0.15, 0.2) is 30.3 Å². The average Bonchev–Trinajstić information content (AvgIpc) is 2.37. The Morgan fingerprint density at radius 3 is 2.83 bits per heavy atom. The highest BCUT2D eigenvalue weighted by Crippen LogP contribution is 2.26. The van der Waals surface area contributed by atoms with Crippen LogP contribution in [0.2, 0.25) is 0 Å². The Kier molecular flexibility index (Phi) is 4.69. The molecule has 1 aliphatic heterocycles. The Bertz CT molecular complexity index is 396. The summed E-state index contributed by atoms with van der Waals surface area (Å²) in [5.74, 6) is 0. The van der Waals surface area contributed by atoms with Crippen molar-refractivity contribution in [1.82, 2.24) is 4.90 Å². The first kappa shape index (κ1) is 13.5. The monoisotopic (exact) mass is 264 g/mol. The van der Waals surface area contributed by atoms with Gasteiger partial charge in [-0.05, 0) is 12.5 Å². The average molecular weight is 264 g/mol. The van der Waals surface area contributed by atoms with Gasteiger partial charge in [0.1, 0.15) is 0 Å². The maximum Gasteiger partial charge on any atom is 0.0746 e. The molecule has 2 N–H and O–H groups in total. The molecule has 1 fully saturated rings. The lowest BCUT2D eigenvalue weighted by Crippen LogP contribution is -2.44. The minimum absolute atomic E-state index is 0.273. The zero-order valence-electron chi connectivity index (χ0n) is 10.7. The molecule has 0 bridgehead atoms. The van der Waals surface area contributed by atoms with Crippen LogP contribution in [0.1, 0.15) is 24.9 Å². The van der Waals surface area contributed by atoms with Gasteiger partial charge in [0.2, 0.25) is 0 Å². The van der Waals surface area contributed by atoms with Crippen LogP contribution in [-0.2, 0) is 4.74 Å². The molecule has 0 radical (unpaired) electrons. The Morgan fingerprint density at radius 2 is 2.22 bits per heavy atom. The zero-order valence-corrected chi connectivity index (χ0v) is 11.5. The predicted octanol–water partition coefficient (Wildman–Crippen LogP) is 2.12. The summed E-state index contributed by atoms with van der Waals surface area (Å²) in [5, 5.41) is 0. The van der Waals surface area contributed by atoms with E-state index in [9.17, 15) is 0 Å². The fourth-order valence-electron chi connectivity index (χ4n) is 2.45. The topological polar surface area (TPSA) is 38.5 Å². The molecule has 0 aromatic heterocycles. The summed E-state index contributed by atoms with van der Waals surface area (Å²) < 4.78 is 5.59. The lowest BCUT2D eigenvalue weighted by molar-refractivity contribution is -0.0336. The van der Waals surface area contributed by atoms with E-state index >= 15 is 0 Å². The van der Waals surface area contributed by atoms with Crippen molar-refractivity contribution in [3.63, 3.8) is 0 Å². The molecule has 1 aliphatic rings. The lowest BCUT2D eigenvalue weighted by Gasteiger charge is -2.37. The van der Waals surface area contributed by atoms with Crippen LogP contribution in [0.4, 0.5) is 0 Å². The van der Waals surface area contributed by atoms with Crippen molar-refractivity contribution in [2.75, 3.05) is 19.7 Å². The molecule has 1 saturated heterocycles. The fraction of sp³-hybridized carbons (Fsp3) is 0.500. The third-order valence-electron chi connectivity index (χ3n) is 3.29. The highest BCUT2D eigenvalue weighted by atomic mass is 32.1. The molecule has 2 unspecified atom stereocenters. The SMILES string of the molecule is CC1CN(C(CC(N)=S)c2ccccc2)CCO1. The van der Waals surface area contributed by atoms with Gasteiger partial charge in [-0.15, -0.1) is 0 Å². The second-order valence-corrected chi connectivity index (χ2v) is 5.30. The van der Waals surface area contributed by atoms with Gasteiger partial charge >= 0.3 is 0 Å². The van der Waals surface area contributed by atoms with E-state index in [1.807, 2.05) is 6.07 Å². The quantitative estimate of drug-likeness (QED) is 0.846. The minimum Gasteiger partial charge on any atom is -0.393 e. The van der Waals surface area contributed by atoms with E-state index in [0.717, 1.165) is 26.1 Å². The normalized spacial score (nSPS) is 22.6. The van der Waals surface area contributed by atoms with Crippen LogP contribution in [0.3, 0.4) is 0 Å². The van der Waals surface area contributed by atoms with E-state index in [2.05, 4.69) is 36.1 Å². The summed E-state index contributed by atoms with van der Waals surface area (Å²) in [6.45, 7) is 4.76. The van der Waals surface area contributed by atoms with Gasteiger partial charge in [-0.3, -0.25) is 4.90 Å². The maximum absolute atomic E-state index is 5.75. The number of thiocarbonyl (C=S) groups is 1. The molecule has 98 valence electrons. The first-order valence-electron chi connectivity index (χ1n) is 6.35. The van der Waals surface area contributed by atoms with E-state index < -0.39 is 0 Å². The molecule has 0 amide bonds. The minimum atomic E-state index is 0.273. The number of morpholine rings is 1. The van der Waals surface area contributed by atoms with Crippen molar-refractivity contribution in [2.24, 2.45) is 5.73 Å².